The molecule has 0 radical (unpaired) electrons. The maximum Gasteiger partial charge on any atom is 0.407 e. The molecule has 0 saturated carbocycles. The smallest absolute Gasteiger partial charge is 0.407 e. The van der Waals surface area contributed by atoms with Crippen LogP contribution >= 0.6 is 0 Å². The second-order valence-corrected chi connectivity index (χ2v) is 9.36. The van der Waals surface area contributed by atoms with Crippen LogP contribution in [0, 0.1) is 0 Å². The molecular weight excluding hydrogens is 466 g/mol. The molecule has 1 atom stereocenters. The molecule has 1 aliphatic carbocycles. The van der Waals surface area contributed by atoms with E-state index in [2.05, 4.69) is 5.32 Å². The molecular formula is C26H31N3O7. The summed E-state index contributed by atoms with van der Waals surface area (Å²) >= 11 is 0. The van der Waals surface area contributed by atoms with E-state index in [1.807, 2.05) is 54.0 Å². The fourth-order valence-electron chi connectivity index (χ4n) is 3.75. The largest absolute Gasteiger partial charge is 0.449 e. The zero-order valence-corrected chi connectivity index (χ0v) is 20.5. The molecule has 3 amide bonds. The standard InChI is InChI=1S/C26H31N3O7/c1-26(2,3)35-15-21(24(32)36-29-23(31)13-12-22(27)30)28-25(33)34-14-20-18-10-6-4-8-16(18)17-9-5-7-11-19(17)20/h4-11,20-21H,12-15H2,1-3H3,(H2,27,30)(H,28,33)(H,29,31)/t21-/m0/s1. The quantitative estimate of drug-likeness (QED) is 0.451. The molecule has 3 rings (SSSR count). The number of alkyl carbamates (subject to hydrolysis) is 1. The Bertz CT molecular complexity index is 1080. The number of primary amides is 1. The summed E-state index contributed by atoms with van der Waals surface area (Å²) in [4.78, 5) is 52.5. The number of amides is 3. The molecule has 192 valence electrons. The Morgan fingerprint density at radius 1 is 0.944 bits per heavy atom. The highest BCUT2D eigenvalue weighted by atomic mass is 16.7. The number of nitrogens with one attached hydrogen (secondary N) is 2. The van der Waals surface area contributed by atoms with E-state index in [0.29, 0.717) is 0 Å². The molecule has 10 heteroatoms. The fourth-order valence-corrected chi connectivity index (χ4v) is 3.75. The summed E-state index contributed by atoms with van der Waals surface area (Å²) in [6.07, 6.45) is -1.28. The molecule has 2 aromatic rings. The third kappa shape index (κ3) is 7.29. The van der Waals surface area contributed by atoms with Crippen LogP contribution in [0.5, 0.6) is 0 Å². The Hall–Kier alpha value is -3.92. The van der Waals surface area contributed by atoms with Gasteiger partial charge in [0.2, 0.25) is 5.91 Å². The molecule has 0 saturated heterocycles. The number of ether oxygens (including phenoxy) is 2. The van der Waals surface area contributed by atoms with Crippen LogP contribution in [-0.4, -0.2) is 48.7 Å². The van der Waals surface area contributed by atoms with E-state index in [9.17, 15) is 19.2 Å². The van der Waals surface area contributed by atoms with Crippen LogP contribution in [-0.2, 0) is 28.7 Å². The van der Waals surface area contributed by atoms with Crippen molar-refractivity contribution in [2.24, 2.45) is 5.73 Å². The number of carbonyl (C=O) groups excluding carboxylic acids is 4. The van der Waals surface area contributed by atoms with Crippen molar-refractivity contribution in [3.63, 3.8) is 0 Å². The number of benzene rings is 2. The summed E-state index contributed by atoms with van der Waals surface area (Å²) in [5.74, 6) is -2.48. The summed E-state index contributed by atoms with van der Waals surface area (Å²) < 4.78 is 11.1. The van der Waals surface area contributed by atoms with Gasteiger partial charge in [-0.15, -0.1) is 0 Å². The number of carbonyl (C=O) groups is 4. The van der Waals surface area contributed by atoms with Crippen LogP contribution in [0.4, 0.5) is 4.79 Å². The first kappa shape index (κ1) is 26.7. The van der Waals surface area contributed by atoms with Crippen molar-refractivity contribution in [2.45, 2.75) is 51.2 Å². The van der Waals surface area contributed by atoms with Crippen molar-refractivity contribution in [3.8, 4) is 11.1 Å². The molecule has 0 unspecified atom stereocenters. The minimum atomic E-state index is -1.25. The molecule has 0 aliphatic heterocycles. The molecule has 1 aliphatic rings. The lowest BCUT2D eigenvalue weighted by Gasteiger charge is -2.24. The summed E-state index contributed by atoms with van der Waals surface area (Å²) in [5, 5.41) is 2.45. The highest BCUT2D eigenvalue weighted by Crippen LogP contribution is 2.44. The van der Waals surface area contributed by atoms with Gasteiger partial charge in [-0.25, -0.2) is 9.59 Å². The minimum absolute atomic E-state index is 0.0611. The topological polar surface area (TPSA) is 146 Å². The Kier molecular flexibility index (Phi) is 8.65. The van der Waals surface area contributed by atoms with Crippen molar-refractivity contribution >= 4 is 23.9 Å². The van der Waals surface area contributed by atoms with Crippen LogP contribution in [0.2, 0.25) is 0 Å². The lowest BCUT2D eigenvalue weighted by Crippen LogP contribution is -2.48. The SMILES string of the molecule is CC(C)(C)OC[C@H](NC(=O)OCC1c2ccccc2-c2ccccc21)C(=O)ONC(=O)CCC(N)=O. The third-order valence-electron chi connectivity index (χ3n) is 5.47. The highest BCUT2D eigenvalue weighted by Gasteiger charge is 2.31. The minimum Gasteiger partial charge on any atom is -0.449 e. The lowest BCUT2D eigenvalue weighted by atomic mass is 9.98. The first-order valence-corrected chi connectivity index (χ1v) is 11.6. The number of fused-ring (bicyclic) bond motifs is 3. The van der Waals surface area contributed by atoms with Crippen molar-refractivity contribution in [2.75, 3.05) is 13.2 Å². The van der Waals surface area contributed by atoms with E-state index in [-0.39, 0.29) is 32.0 Å². The van der Waals surface area contributed by atoms with Crippen molar-refractivity contribution in [1.82, 2.24) is 10.8 Å². The molecule has 0 fully saturated rings. The van der Waals surface area contributed by atoms with Gasteiger partial charge in [0.05, 0.1) is 12.2 Å². The van der Waals surface area contributed by atoms with Crippen molar-refractivity contribution < 1.29 is 33.5 Å². The molecule has 0 bridgehead atoms. The number of hydrogen-bond donors (Lipinski definition) is 3. The molecule has 0 spiro atoms. The van der Waals surface area contributed by atoms with Gasteiger partial charge in [-0.1, -0.05) is 48.5 Å². The maximum atomic E-state index is 12.6. The second-order valence-electron chi connectivity index (χ2n) is 9.36. The van der Waals surface area contributed by atoms with Crippen LogP contribution in [0.3, 0.4) is 0 Å². The van der Waals surface area contributed by atoms with Gasteiger partial charge in [0, 0.05) is 18.8 Å². The Labute approximate surface area is 209 Å². The van der Waals surface area contributed by atoms with Gasteiger partial charge in [-0.3, -0.25) is 9.59 Å². The van der Waals surface area contributed by atoms with Gasteiger partial charge in [-0.05, 0) is 43.0 Å². The molecule has 10 nitrogen and oxygen atoms in total. The average molecular weight is 498 g/mol. The van der Waals surface area contributed by atoms with Gasteiger partial charge in [0.1, 0.15) is 6.61 Å². The van der Waals surface area contributed by atoms with Crippen LogP contribution in [0.15, 0.2) is 48.5 Å². The van der Waals surface area contributed by atoms with E-state index >= 15 is 0 Å². The normalized spacial score (nSPS) is 13.2. The predicted molar refractivity (Wildman–Crippen MR) is 130 cm³/mol. The zero-order chi connectivity index (χ0) is 26.3. The van der Waals surface area contributed by atoms with E-state index in [1.165, 1.54) is 0 Å². The summed E-state index contributed by atoms with van der Waals surface area (Å²) in [6, 6.07) is 14.6. The molecule has 36 heavy (non-hydrogen) atoms. The molecule has 0 aromatic heterocycles. The van der Waals surface area contributed by atoms with Crippen molar-refractivity contribution in [1.29, 1.82) is 0 Å². The van der Waals surface area contributed by atoms with Crippen LogP contribution < -0.4 is 16.5 Å². The van der Waals surface area contributed by atoms with E-state index < -0.39 is 35.5 Å². The number of rotatable bonds is 9. The maximum absolute atomic E-state index is 12.6. The van der Waals surface area contributed by atoms with Crippen LogP contribution in [0.25, 0.3) is 11.1 Å². The van der Waals surface area contributed by atoms with Gasteiger partial charge in [0.25, 0.3) is 5.91 Å². The van der Waals surface area contributed by atoms with Crippen LogP contribution in [0.1, 0.15) is 50.7 Å². The first-order chi connectivity index (χ1) is 17.0. The summed E-state index contributed by atoms with van der Waals surface area (Å²) in [6.45, 7) is 5.20. The van der Waals surface area contributed by atoms with E-state index in [4.69, 9.17) is 20.0 Å². The number of hydrogen-bond acceptors (Lipinski definition) is 7. The fraction of sp³-hybridized carbons (Fsp3) is 0.385. The molecule has 0 heterocycles. The van der Waals surface area contributed by atoms with E-state index in [1.54, 1.807) is 20.8 Å². The highest BCUT2D eigenvalue weighted by molar-refractivity contribution is 5.85. The average Bonchev–Trinajstić information content (AvgIpc) is 3.15. The third-order valence-corrected chi connectivity index (χ3v) is 5.47. The Morgan fingerprint density at radius 3 is 2.08 bits per heavy atom. The van der Waals surface area contributed by atoms with E-state index in [0.717, 1.165) is 22.3 Å². The monoisotopic (exact) mass is 497 g/mol. The van der Waals surface area contributed by atoms with Gasteiger partial charge >= 0.3 is 12.1 Å². The zero-order valence-electron chi connectivity index (χ0n) is 20.5. The van der Waals surface area contributed by atoms with Gasteiger partial charge in [0.15, 0.2) is 6.04 Å². The number of hydroxylamine groups is 1. The molecule has 2 aromatic carbocycles. The first-order valence-electron chi connectivity index (χ1n) is 11.6. The van der Waals surface area contributed by atoms with Gasteiger partial charge in [-0.2, -0.15) is 5.48 Å². The second kappa shape index (κ2) is 11.7. The van der Waals surface area contributed by atoms with Gasteiger partial charge < -0.3 is 25.4 Å². The molecule has 4 N–H and O–H groups in total. The summed E-state index contributed by atoms with van der Waals surface area (Å²) in [7, 11) is 0. The summed E-state index contributed by atoms with van der Waals surface area (Å²) in [5.41, 5.74) is 10.6. The predicted octanol–water partition coefficient (Wildman–Crippen LogP) is 2.55. The van der Waals surface area contributed by atoms with Crippen molar-refractivity contribution in [3.05, 3.63) is 59.7 Å². The lowest BCUT2D eigenvalue weighted by molar-refractivity contribution is -0.162. The Balaban J connectivity index is 1.61. The Morgan fingerprint density at radius 2 is 1.53 bits per heavy atom. The number of nitrogens with two attached hydrogens (primary N) is 1.